The lowest BCUT2D eigenvalue weighted by Crippen LogP contribution is -2.42. The number of aryl methyl sites for hydroxylation is 2. The van der Waals surface area contributed by atoms with Crippen molar-refractivity contribution in [2.24, 2.45) is 0 Å². The van der Waals surface area contributed by atoms with Crippen LogP contribution < -0.4 is 10.1 Å². The molecule has 0 amide bonds. The van der Waals surface area contributed by atoms with E-state index in [0.29, 0.717) is 36.3 Å². The van der Waals surface area contributed by atoms with E-state index < -0.39 is 22.2 Å². The Bertz CT molecular complexity index is 1510. The first-order valence-corrected chi connectivity index (χ1v) is 15.1. The maximum atomic E-state index is 11.1. The number of anilines is 1. The summed E-state index contributed by atoms with van der Waals surface area (Å²) < 4.78 is 31.2. The molecule has 1 fully saturated rings. The first-order chi connectivity index (χ1) is 19.0. The van der Waals surface area contributed by atoms with Crippen molar-refractivity contribution in [2.45, 2.75) is 45.3 Å². The monoisotopic (exact) mass is 565 g/mol. The molecule has 4 aromatic rings. The lowest BCUT2D eigenvalue weighted by atomic mass is 9.94. The minimum absolute atomic E-state index is 0.0721. The average molecular weight is 566 g/mol. The van der Waals surface area contributed by atoms with Crippen molar-refractivity contribution in [3.63, 3.8) is 0 Å². The lowest BCUT2D eigenvalue weighted by molar-refractivity contribution is -0.136. The molecular weight excluding hydrogens is 530 g/mol. The van der Waals surface area contributed by atoms with Gasteiger partial charge in [-0.1, -0.05) is 18.2 Å². The van der Waals surface area contributed by atoms with Gasteiger partial charge in [0, 0.05) is 40.8 Å². The predicted molar refractivity (Wildman–Crippen MR) is 158 cm³/mol. The Kier molecular flexibility index (Phi) is 7.83. The van der Waals surface area contributed by atoms with Gasteiger partial charge in [0.15, 0.2) is 0 Å². The molecule has 0 atom stereocenters. The van der Waals surface area contributed by atoms with Gasteiger partial charge < -0.3 is 24.7 Å². The topological polar surface area (TPSA) is 132 Å². The van der Waals surface area contributed by atoms with E-state index in [9.17, 15) is 19.0 Å². The van der Waals surface area contributed by atoms with E-state index in [1.54, 1.807) is 0 Å². The maximum Gasteiger partial charge on any atom is 0.307 e. The van der Waals surface area contributed by atoms with Crippen molar-refractivity contribution in [2.75, 3.05) is 23.4 Å². The first-order valence-electron chi connectivity index (χ1n) is 13.3. The smallest absolute Gasteiger partial charge is 0.307 e. The lowest BCUT2D eigenvalue weighted by Gasteiger charge is -2.43. The van der Waals surface area contributed by atoms with Crippen molar-refractivity contribution >= 4 is 33.2 Å². The van der Waals surface area contributed by atoms with Gasteiger partial charge in [-0.05, 0) is 84.8 Å². The molecule has 40 heavy (non-hydrogen) atoms. The summed E-state index contributed by atoms with van der Waals surface area (Å²) in [4.78, 5) is 11.1. The Hall–Kier alpha value is -3.50. The zero-order chi connectivity index (χ0) is 28.5. The van der Waals surface area contributed by atoms with Crippen molar-refractivity contribution in [1.29, 1.82) is 0 Å². The molecule has 1 saturated heterocycles. The Morgan fingerprint density at radius 3 is 2.48 bits per heavy atom. The van der Waals surface area contributed by atoms with Gasteiger partial charge in [0.05, 0.1) is 12.7 Å². The fourth-order valence-corrected chi connectivity index (χ4v) is 6.91. The third-order valence-corrected chi connectivity index (χ3v) is 9.23. The summed E-state index contributed by atoms with van der Waals surface area (Å²) >= 11 is 0. The number of furan rings is 1. The van der Waals surface area contributed by atoms with Gasteiger partial charge in [0.1, 0.15) is 23.5 Å². The van der Waals surface area contributed by atoms with Gasteiger partial charge in [-0.15, -0.1) is 0 Å². The van der Waals surface area contributed by atoms with E-state index in [2.05, 4.69) is 23.5 Å². The third-order valence-electron chi connectivity index (χ3n) is 7.51. The maximum absolute atomic E-state index is 11.1. The summed E-state index contributed by atoms with van der Waals surface area (Å²) in [6, 6.07) is 18.0. The van der Waals surface area contributed by atoms with Crippen LogP contribution in [0.25, 0.3) is 22.1 Å². The number of fused-ring (bicyclic) bond motifs is 1. The highest BCUT2D eigenvalue weighted by Crippen LogP contribution is 2.47. The van der Waals surface area contributed by atoms with Crippen LogP contribution in [0.1, 0.15) is 35.1 Å². The number of nitrogens with one attached hydrogen (secondary N) is 1. The van der Waals surface area contributed by atoms with Crippen LogP contribution >= 0.6 is 10.6 Å². The van der Waals surface area contributed by atoms with Gasteiger partial charge in [0.25, 0.3) is 0 Å². The highest BCUT2D eigenvalue weighted by atomic mass is 32.3. The summed E-state index contributed by atoms with van der Waals surface area (Å²) in [7, 11) is -2.56. The molecule has 1 aromatic heterocycles. The Morgan fingerprint density at radius 1 is 1.05 bits per heavy atom. The second-order valence-electron chi connectivity index (χ2n) is 10.8. The number of ether oxygens (including phenoxy) is 1. The fourth-order valence-electron chi connectivity index (χ4n) is 5.29. The van der Waals surface area contributed by atoms with Gasteiger partial charge in [-0.2, -0.15) is 10.6 Å². The van der Waals surface area contributed by atoms with E-state index in [0.717, 1.165) is 38.9 Å². The summed E-state index contributed by atoms with van der Waals surface area (Å²) in [5.74, 6) is 0.210. The van der Waals surface area contributed by atoms with Crippen molar-refractivity contribution in [1.82, 2.24) is 0 Å². The number of carboxylic acids is 1. The normalized spacial score (nSPS) is 16.9. The van der Waals surface area contributed by atoms with E-state index >= 15 is 0 Å². The second kappa shape index (κ2) is 11.2. The van der Waals surface area contributed by atoms with Crippen molar-refractivity contribution < 1.29 is 33.3 Å². The van der Waals surface area contributed by atoms with Gasteiger partial charge >= 0.3 is 5.97 Å². The number of hydrogen-bond acceptors (Lipinski definition) is 7. The van der Waals surface area contributed by atoms with E-state index in [1.807, 2.05) is 50.2 Å². The van der Waals surface area contributed by atoms with Gasteiger partial charge in [-0.3, -0.25) is 13.9 Å². The largest absolute Gasteiger partial charge is 0.491 e. The number of hydrogen-bond donors (Lipinski definition) is 5. The molecule has 9 heteroatoms. The van der Waals surface area contributed by atoms with Crippen LogP contribution in [0, 0.1) is 13.8 Å². The molecule has 0 aliphatic carbocycles. The zero-order valence-corrected chi connectivity index (χ0v) is 23.5. The van der Waals surface area contributed by atoms with Gasteiger partial charge in [0.2, 0.25) is 0 Å². The van der Waals surface area contributed by atoms with Gasteiger partial charge in [-0.25, -0.2) is 0 Å². The fraction of sp³-hybridized carbons (Fsp3) is 0.323. The quantitative estimate of drug-likeness (QED) is 0.153. The van der Waals surface area contributed by atoms with E-state index in [-0.39, 0.29) is 24.5 Å². The highest BCUT2D eigenvalue weighted by Gasteiger charge is 2.36. The number of benzene rings is 3. The molecule has 5 rings (SSSR count). The number of carbonyl (C=O) groups is 1. The number of aliphatic hydroxyl groups is 1. The minimum Gasteiger partial charge on any atom is -0.491 e. The van der Waals surface area contributed by atoms with Crippen LogP contribution in [0.3, 0.4) is 0 Å². The Morgan fingerprint density at radius 2 is 1.77 bits per heavy atom. The summed E-state index contributed by atoms with van der Waals surface area (Å²) in [5.41, 5.74) is 6.59. The standard InChI is InChI=1S/C31H35NO7S/c1-20-12-26(39-19-31(35)8-10-40(36,37)11-9-31)13-21(2)30(20)23-5-3-4-22(14-23)17-32-25-6-7-27-24(15-29(33)34)18-38-28(27)16-25/h3-7,12-14,16,18,32,35-37H,8-11,15,17,19H2,1-2H3,(H,33,34). The molecule has 3 aromatic carbocycles. The van der Waals surface area contributed by atoms with Crippen LogP contribution in [0.5, 0.6) is 5.75 Å². The van der Waals surface area contributed by atoms with Crippen LogP contribution in [0.4, 0.5) is 5.69 Å². The summed E-state index contributed by atoms with van der Waals surface area (Å²) in [5, 5.41) is 24.1. The summed E-state index contributed by atoms with van der Waals surface area (Å²) in [6.07, 6.45) is 2.06. The first kappa shape index (κ1) is 28.0. The zero-order valence-electron chi connectivity index (χ0n) is 22.6. The SMILES string of the molecule is Cc1cc(OCC2(O)CCS(O)(O)CC2)cc(C)c1-c1cccc(CNc2ccc3c(CC(=O)O)coc3c2)c1. The van der Waals surface area contributed by atoms with Crippen LogP contribution in [-0.4, -0.2) is 49.0 Å². The van der Waals surface area contributed by atoms with Crippen LogP contribution in [-0.2, 0) is 17.8 Å². The van der Waals surface area contributed by atoms with Crippen LogP contribution in [0.2, 0.25) is 0 Å². The number of aliphatic carboxylic acids is 1. The minimum atomic E-state index is -2.56. The molecule has 0 radical (unpaired) electrons. The van der Waals surface area contributed by atoms with E-state index in [1.165, 1.54) is 6.26 Å². The molecule has 0 bridgehead atoms. The number of carboxylic acid groups (broad SMARTS) is 1. The molecular formula is C31H35NO7S. The summed E-state index contributed by atoms with van der Waals surface area (Å²) in [6.45, 7) is 4.81. The highest BCUT2D eigenvalue weighted by molar-refractivity contribution is 8.24. The molecule has 8 nitrogen and oxygen atoms in total. The molecule has 0 unspecified atom stereocenters. The third kappa shape index (κ3) is 6.45. The molecule has 1 aliphatic heterocycles. The number of rotatable bonds is 9. The van der Waals surface area contributed by atoms with Crippen LogP contribution in [0.15, 0.2) is 65.3 Å². The second-order valence-corrected chi connectivity index (χ2v) is 13.2. The molecule has 0 spiro atoms. The van der Waals surface area contributed by atoms with Crippen molar-refractivity contribution in [3.8, 4) is 16.9 Å². The Balaban J connectivity index is 1.25. The molecule has 5 N–H and O–H groups in total. The molecule has 1 aliphatic rings. The predicted octanol–water partition coefficient (Wildman–Crippen LogP) is 6.61. The Labute approximate surface area is 235 Å². The van der Waals surface area contributed by atoms with E-state index in [4.69, 9.17) is 14.3 Å². The average Bonchev–Trinajstić information content (AvgIpc) is 3.29. The molecule has 2 heterocycles. The van der Waals surface area contributed by atoms with Crippen molar-refractivity contribution in [3.05, 3.63) is 83.1 Å². The molecule has 0 saturated carbocycles. The molecule has 212 valence electrons.